The van der Waals surface area contributed by atoms with Gasteiger partial charge in [0.15, 0.2) is 6.10 Å². The van der Waals surface area contributed by atoms with Gasteiger partial charge in [0.25, 0.3) is 5.56 Å². The van der Waals surface area contributed by atoms with Gasteiger partial charge in [0.2, 0.25) is 0 Å². The molecule has 0 spiro atoms. The van der Waals surface area contributed by atoms with Gasteiger partial charge < -0.3 is 14.2 Å². The average molecular weight is 378 g/mol. The first-order valence-electron chi connectivity index (χ1n) is 9.36. The SMILES string of the molecule is CCOCc1cc(=O)nc2n1C[C@@H](COc1ccc(-c3ccccc3)cc1)O2. The van der Waals surface area contributed by atoms with Crippen LogP contribution in [0.1, 0.15) is 12.6 Å². The molecule has 6 heteroatoms. The fraction of sp³-hybridized carbons (Fsp3) is 0.273. The number of hydrogen-bond acceptors (Lipinski definition) is 5. The Labute approximate surface area is 163 Å². The van der Waals surface area contributed by atoms with Crippen LogP contribution in [-0.4, -0.2) is 28.9 Å². The van der Waals surface area contributed by atoms with Crippen molar-refractivity contribution in [3.63, 3.8) is 0 Å². The van der Waals surface area contributed by atoms with Gasteiger partial charge in [0.05, 0.1) is 18.8 Å². The molecule has 0 amide bonds. The molecule has 1 aromatic heterocycles. The summed E-state index contributed by atoms with van der Waals surface area (Å²) in [6.45, 7) is 3.81. The maximum absolute atomic E-state index is 11.8. The van der Waals surface area contributed by atoms with Gasteiger partial charge in [-0.15, -0.1) is 0 Å². The lowest BCUT2D eigenvalue weighted by molar-refractivity contribution is 0.127. The van der Waals surface area contributed by atoms with Crippen molar-refractivity contribution in [2.24, 2.45) is 0 Å². The number of hydrogen-bond donors (Lipinski definition) is 0. The van der Waals surface area contributed by atoms with Gasteiger partial charge in [-0.05, 0) is 30.2 Å². The summed E-state index contributed by atoms with van der Waals surface area (Å²) in [5.74, 6) is 0.774. The molecule has 1 atom stereocenters. The number of ether oxygens (including phenoxy) is 3. The average Bonchev–Trinajstić information content (AvgIpc) is 3.14. The molecule has 2 heterocycles. The normalized spacial score (nSPS) is 15.1. The molecule has 3 aromatic rings. The molecule has 0 N–H and O–H groups in total. The van der Waals surface area contributed by atoms with E-state index in [1.807, 2.05) is 54.0 Å². The summed E-state index contributed by atoms with van der Waals surface area (Å²) in [6.07, 6.45) is -0.205. The smallest absolute Gasteiger partial charge is 0.300 e. The molecule has 2 aromatic carbocycles. The van der Waals surface area contributed by atoms with E-state index in [1.165, 1.54) is 11.6 Å². The van der Waals surface area contributed by atoms with Crippen molar-refractivity contribution in [3.05, 3.63) is 76.7 Å². The Hall–Kier alpha value is -3.12. The van der Waals surface area contributed by atoms with Gasteiger partial charge in [0.1, 0.15) is 12.4 Å². The lowest BCUT2D eigenvalue weighted by Gasteiger charge is -2.12. The second-order valence-electron chi connectivity index (χ2n) is 6.56. The van der Waals surface area contributed by atoms with Gasteiger partial charge in [-0.25, -0.2) is 0 Å². The minimum absolute atomic E-state index is 0.205. The standard InChI is InChI=1S/C22H22N2O4/c1-2-26-14-18-12-21(25)23-22-24(18)13-20(28-22)15-27-19-10-8-17(9-11-19)16-6-4-3-5-7-16/h3-12,20H,2,13-15H2,1H3/t20-/m0/s1. The summed E-state index contributed by atoms with van der Waals surface area (Å²) in [5.41, 5.74) is 2.76. The summed E-state index contributed by atoms with van der Waals surface area (Å²) < 4.78 is 19.0. The first kappa shape index (κ1) is 18.3. The van der Waals surface area contributed by atoms with Crippen molar-refractivity contribution >= 4 is 0 Å². The summed E-state index contributed by atoms with van der Waals surface area (Å²) in [5, 5.41) is 0. The minimum Gasteiger partial charge on any atom is -0.490 e. The van der Waals surface area contributed by atoms with Gasteiger partial charge in [-0.2, -0.15) is 4.98 Å². The van der Waals surface area contributed by atoms with Crippen molar-refractivity contribution < 1.29 is 14.2 Å². The molecule has 0 fully saturated rings. The Morgan fingerprint density at radius 2 is 1.86 bits per heavy atom. The van der Waals surface area contributed by atoms with Gasteiger partial charge in [0, 0.05) is 12.7 Å². The quantitative estimate of drug-likeness (QED) is 0.631. The van der Waals surface area contributed by atoms with Crippen LogP contribution in [-0.2, 0) is 17.9 Å². The predicted octanol–water partition coefficient (Wildman–Crippen LogP) is 3.29. The second kappa shape index (κ2) is 8.27. The molecule has 6 nitrogen and oxygen atoms in total. The Morgan fingerprint density at radius 3 is 2.61 bits per heavy atom. The van der Waals surface area contributed by atoms with E-state index in [1.54, 1.807) is 0 Å². The maximum Gasteiger partial charge on any atom is 0.300 e. The highest BCUT2D eigenvalue weighted by Gasteiger charge is 2.26. The van der Waals surface area contributed by atoms with E-state index in [-0.39, 0.29) is 11.7 Å². The molecule has 0 radical (unpaired) electrons. The highest BCUT2D eigenvalue weighted by Crippen LogP contribution is 2.24. The zero-order valence-corrected chi connectivity index (χ0v) is 15.7. The van der Waals surface area contributed by atoms with E-state index in [0.717, 1.165) is 17.0 Å². The van der Waals surface area contributed by atoms with Crippen LogP contribution in [0.15, 0.2) is 65.5 Å². The Balaban J connectivity index is 1.39. The molecule has 0 aliphatic carbocycles. The van der Waals surface area contributed by atoms with E-state index in [4.69, 9.17) is 14.2 Å². The molecule has 144 valence electrons. The first-order valence-corrected chi connectivity index (χ1v) is 9.36. The van der Waals surface area contributed by atoms with E-state index >= 15 is 0 Å². The molecule has 1 aliphatic heterocycles. The molecule has 0 unspecified atom stereocenters. The molecule has 1 aliphatic rings. The van der Waals surface area contributed by atoms with E-state index < -0.39 is 0 Å². The largest absolute Gasteiger partial charge is 0.490 e. The zero-order chi connectivity index (χ0) is 19.3. The fourth-order valence-corrected chi connectivity index (χ4v) is 3.18. The van der Waals surface area contributed by atoms with Crippen LogP contribution < -0.4 is 15.0 Å². The third-order valence-corrected chi connectivity index (χ3v) is 4.58. The molecule has 0 saturated carbocycles. The summed E-state index contributed by atoms with van der Waals surface area (Å²) >= 11 is 0. The third kappa shape index (κ3) is 4.07. The maximum atomic E-state index is 11.8. The molecule has 4 rings (SSSR count). The number of aromatic nitrogens is 2. The monoisotopic (exact) mass is 378 g/mol. The molecular formula is C22H22N2O4. The highest BCUT2D eigenvalue weighted by molar-refractivity contribution is 5.63. The summed E-state index contributed by atoms with van der Waals surface area (Å²) in [6, 6.07) is 20.0. The fourth-order valence-electron chi connectivity index (χ4n) is 3.18. The van der Waals surface area contributed by atoms with Gasteiger partial charge in [-0.1, -0.05) is 42.5 Å². The Morgan fingerprint density at radius 1 is 1.11 bits per heavy atom. The number of fused-ring (bicyclic) bond motifs is 1. The molecule has 0 saturated heterocycles. The Bertz CT molecular complexity index is 984. The lowest BCUT2D eigenvalue weighted by Crippen LogP contribution is -2.23. The summed E-state index contributed by atoms with van der Waals surface area (Å²) in [7, 11) is 0. The van der Waals surface area contributed by atoms with Crippen LogP contribution >= 0.6 is 0 Å². The number of benzene rings is 2. The topological polar surface area (TPSA) is 62.6 Å². The molecular weight excluding hydrogens is 356 g/mol. The zero-order valence-electron chi connectivity index (χ0n) is 15.7. The molecule has 28 heavy (non-hydrogen) atoms. The van der Waals surface area contributed by atoms with E-state index in [9.17, 15) is 4.79 Å². The van der Waals surface area contributed by atoms with Crippen LogP contribution in [0.25, 0.3) is 11.1 Å². The lowest BCUT2D eigenvalue weighted by atomic mass is 10.1. The highest BCUT2D eigenvalue weighted by atomic mass is 16.6. The van der Waals surface area contributed by atoms with Gasteiger partial charge >= 0.3 is 6.01 Å². The van der Waals surface area contributed by atoms with Crippen molar-refractivity contribution in [2.75, 3.05) is 13.2 Å². The van der Waals surface area contributed by atoms with Crippen LogP contribution in [0.5, 0.6) is 11.8 Å². The van der Waals surface area contributed by atoms with E-state index in [2.05, 4.69) is 17.1 Å². The van der Waals surface area contributed by atoms with Crippen molar-refractivity contribution in [1.29, 1.82) is 0 Å². The van der Waals surface area contributed by atoms with Gasteiger partial charge in [-0.3, -0.25) is 9.36 Å². The van der Waals surface area contributed by atoms with Crippen molar-refractivity contribution in [2.45, 2.75) is 26.2 Å². The minimum atomic E-state index is -0.320. The first-order chi connectivity index (χ1) is 13.7. The van der Waals surface area contributed by atoms with Crippen LogP contribution in [0.2, 0.25) is 0 Å². The second-order valence-corrected chi connectivity index (χ2v) is 6.56. The van der Waals surface area contributed by atoms with Crippen LogP contribution in [0.3, 0.4) is 0 Å². The third-order valence-electron chi connectivity index (χ3n) is 4.58. The van der Waals surface area contributed by atoms with Crippen molar-refractivity contribution in [3.8, 4) is 22.9 Å². The van der Waals surface area contributed by atoms with Crippen molar-refractivity contribution in [1.82, 2.24) is 9.55 Å². The van der Waals surface area contributed by atoms with Crippen LogP contribution in [0, 0.1) is 0 Å². The number of rotatable bonds is 7. The predicted molar refractivity (Wildman–Crippen MR) is 106 cm³/mol. The summed E-state index contributed by atoms with van der Waals surface area (Å²) in [4.78, 5) is 15.7. The van der Waals surface area contributed by atoms with E-state index in [0.29, 0.717) is 32.4 Å². The molecule has 0 bridgehead atoms. The Kier molecular flexibility index (Phi) is 5.39. The van der Waals surface area contributed by atoms with Crippen LogP contribution in [0.4, 0.5) is 0 Å². The number of nitrogens with zero attached hydrogens (tertiary/aromatic N) is 2.